The Labute approximate surface area is 138 Å². The predicted octanol–water partition coefficient (Wildman–Crippen LogP) is 6.46. The minimum Gasteiger partial charge on any atom is -0.143 e. The quantitative estimate of drug-likeness (QED) is 0.354. The third-order valence-corrected chi connectivity index (χ3v) is 6.18. The minimum atomic E-state index is 1.07. The first kappa shape index (κ1) is 12.7. The molecular formula is C20H14S2. The van der Waals surface area contributed by atoms with Crippen LogP contribution in [0.2, 0.25) is 0 Å². The van der Waals surface area contributed by atoms with Gasteiger partial charge in [-0.3, -0.25) is 0 Å². The number of benzene rings is 3. The Balaban J connectivity index is 2.05. The molecule has 3 aromatic carbocycles. The van der Waals surface area contributed by atoms with Gasteiger partial charge in [0, 0.05) is 25.1 Å². The number of aryl methyl sites for hydroxylation is 1. The van der Waals surface area contributed by atoms with Crippen LogP contribution in [0.1, 0.15) is 17.5 Å². The molecule has 5 rings (SSSR count). The number of thiophene rings is 1. The molecule has 0 saturated heterocycles. The van der Waals surface area contributed by atoms with E-state index in [0.29, 0.717) is 0 Å². The number of hydrogen-bond donors (Lipinski definition) is 1. The number of allylic oxidation sites excluding steroid dienone is 1. The summed E-state index contributed by atoms with van der Waals surface area (Å²) in [5, 5.41) is 5.33. The molecule has 0 unspecified atom stereocenters. The van der Waals surface area contributed by atoms with Crippen molar-refractivity contribution in [3.8, 4) is 0 Å². The number of thiol groups is 1. The van der Waals surface area contributed by atoms with Crippen LogP contribution in [0.5, 0.6) is 0 Å². The summed E-state index contributed by atoms with van der Waals surface area (Å²) >= 11 is 6.60. The zero-order valence-electron chi connectivity index (χ0n) is 12.0. The second kappa shape index (κ2) is 4.61. The van der Waals surface area contributed by atoms with Crippen LogP contribution in [-0.4, -0.2) is 0 Å². The van der Waals surface area contributed by atoms with Crippen LogP contribution in [0.15, 0.2) is 53.4 Å². The Morgan fingerprint density at radius 3 is 2.73 bits per heavy atom. The van der Waals surface area contributed by atoms with Gasteiger partial charge in [0.25, 0.3) is 0 Å². The van der Waals surface area contributed by atoms with Gasteiger partial charge in [0.2, 0.25) is 0 Å². The molecule has 0 radical (unpaired) electrons. The lowest BCUT2D eigenvalue weighted by Gasteiger charge is -2.10. The first-order valence-electron chi connectivity index (χ1n) is 7.58. The Morgan fingerprint density at radius 2 is 1.82 bits per heavy atom. The van der Waals surface area contributed by atoms with Crippen LogP contribution >= 0.6 is 24.0 Å². The summed E-state index contributed by atoms with van der Waals surface area (Å²) in [6.45, 7) is 0. The highest BCUT2D eigenvalue weighted by Gasteiger charge is 2.15. The third-order valence-electron chi connectivity index (χ3n) is 4.62. The van der Waals surface area contributed by atoms with Crippen molar-refractivity contribution in [2.75, 3.05) is 0 Å². The zero-order valence-corrected chi connectivity index (χ0v) is 13.7. The lowest BCUT2D eigenvalue weighted by Crippen LogP contribution is -1.93. The molecule has 1 heterocycles. The minimum absolute atomic E-state index is 1.07. The van der Waals surface area contributed by atoms with Crippen molar-refractivity contribution in [3.05, 3.63) is 59.7 Å². The van der Waals surface area contributed by atoms with Crippen molar-refractivity contribution in [2.45, 2.75) is 17.7 Å². The maximum absolute atomic E-state index is 4.70. The molecule has 4 aromatic rings. The summed E-state index contributed by atoms with van der Waals surface area (Å²) in [5.41, 5.74) is 2.91. The summed E-state index contributed by atoms with van der Waals surface area (Å²) in [6.07, 6.45) is 6.93. The fourth-order valence-electron chi connectivity index (χ4n) is 3.59. The van der Waals surface area contributed by atoms with Crippen molar-refractivity contribution in [1.82, 2.24) is 0 Å². The number of rotatable bonds is 0. The van der Waals surface area contributed by atoms with E-state index in [1.54, 1.807) is 0 Å². The largest absolute Gasteiger partial charge is 0.143 e. The molecule has 0 N–H and O–H groups in total. The smallest absolute Gasteiger partial charge is 0.0430 e. The van der Waals surface area contributed by atoms with Crippen molar-refractivity contribution < 1.29 is 0 Å². The van der Waals surface area contributed by atoms with E-state index in [-0.39, 0.29) is 0 Å². The molecule has 0 amide bonds. The van der Waals surface area contributed by atoms with Crippen molar-refractivity contribution >= 4 is 61.0 Å². The van der Waals surface area contributed by atoms with E-state index in [0.717, 1.165) is 17.7 Å². The molecule has 0 aliphatic heterocycles. The summed E-state index contributed by atoms with van der Waals surface area (Å²) < 4.78 is 2.76. The maximum atomic E-state index is 4.70. The lowest BCUT2D eigenvalue weighted by atomic mass is 9.94. The molecule has 0 bridgehead atoms. The van der Waals surface area contributed by atoms with Gasteiger partial charge in [-0.1, -0.05) is 48.6 Å². The SMILES string of the molecule is Sc1cc2sc3c4c(ccc3c2c2ccccc12)CCC=C4. The molecule has 22 heavy (non-hydrogen) atoms. The van der Waals surface area contributed by atoms with Gasteiger partial charge in [0.1, 0.15) is 0 Å². The first-order chi connectivity index (χ1) is 10.8. The van der Waals surface area contributed by atoms with Crippen LogP contribution in [-0.2, 0) is 6.42 Å². The molecule has 0 saturated carbocycles. The average molecular weight is 318 g/mol. The molecule has 0 atom stereocenters. The summed E-state index contributed by atoms with van der Waals surface area (Å²) in [7, 11) is 0. The number of fused-ring (bicyclic) bond motifs is 7. The van der Waals surface area contributed by atoms with E-state index >= 15 is 0 Å². The van der Waals surface area contributed by atoms with E-state index in [1.165, 1.54) is 42.1 Å². The van der Waals surface area contributed by atoms with Crippen molar-refractivity contribution in [3.63, 3.8) is 0 Å². The van der Waals surface area contributed by atoms with Crippen LogP contribution in [0.25, 0.3) is 37.0 Å². The molecular weight excluding hydrogens is 304 g/mol. The zero-order chi connectivity index (χ0) is 14.7. The second-order valence-corrected chi connectivity index (χ2v) is 7.41. The summed E-state index contributed by atoms with van der Waals surface area (Å²) in [5.74, 6) is 0. The summed E-state index contributed by atoms with van der Waals surface area (Å²) in [4.78, 5) is 1.07. The highest BCUT2D eigenvalue weighted by atomic mass is 32.1. The fraction of sp³-hybridized carbons (Fsp3) is 0.100. The van der Waals surface area contributed by atoms with E-state index in [9.17, 15) is 0 Å². The fourth-order valence-corrected chi connectivity index (χ4v) is 5.31. The van der Waals surface area contributed by atoms with E-state index in [2.05, 4.69) is 54.6 Å². The standard InChI is InChI=1S/C20H14S2/c21-17-11-18-19(15-8-4-3-7-14(15)17)16-10-9-12-5-1-2-6-13(12)20(16)22-18/h2-4,6-11,21H,1,5H2. The van der Waals surface area contributed by atoms with Gasteiger partial charge >= 0.3 is 0 Å². The topological polar surface area (TPSA) is 0 Å². The van der Waals surface area contributed by atoms with Gasteiger partial charge in [0.05, 0.1) is 0 Å². The van der Waals surface area contributed by atoms with Gasteiger partial charge < -0.3 is 0 Å². The van der Waals surface area contributed by atoms with E-state index < -0.39 is 0 Å². The average Bonchev–Trinajstić information content (AvgIpc) is 2.94. The molecule has 0 fully saturated rings. The Morgan fingerprint density at radius 1 is 0.955 bits per heavy atom. The highest BCUT2D eigenvalue weighted by Crippen LogP contribution is 2.43. The normalized spacial score (nSPS) is 14.0. The Kier molecular flexibility index (Phi) is 2.67. The van der Waals surface area contributed by atoms with Gasteiger partial charge in [0.15, 0.2) is 0 Å². The molecule has 1 aliphatic rings. The molecule has 0 spiro atoms. The summed E-state index contributed by atoms with van der Waals surface area (Å²) in [6, 6.07) is 15.5. The lowest BCUT2D eigenvalue weighted by molar-refractivity contribution is 0.990. The number of hydrogen-bond acceptors (Lipinski definition) is 2. The van der Waals surface area contributed by atoms with E-state index in [1.807, 2.05) is 11.3 Å². The van der Waals surface area contributed by atoms with Crippen LogP contribution in [0.3, 0.4) is 0 Å². The van der Waals surface area contributed by atoms with Crippen molar-refractivity contribution in [1.29, 1.82) is 0 Å². The van der Waals surface area contributed by atoms with Gasteiger partial charge in [-0.2, -0.15) is 0 Å². The maximum Gasteiger partial charge on any atom is 0.0430 e. The predicted molar refractivity (Wildman–Crippen MR) is 101 cm³/mol. The molecule has 1 aliphatic carbocycles. The van der Waals surface area contributed by atoms with Crippen LogP contribution in [0.4, 0.5) is 0 Å². The second-order valence-electron chi connectivity index (χ2n) is 5.87. The molecule has 0 nitrogen and oxygen atoms in total. The Bertz CT molecular complexity index is 1080. The van der Waals surface area contributed by atoms with Gasteiger partial charge in [-0.05, 0) is 40.8 Å². The van der Waals surface area contributed by atoms with Gasteiger partial charge in [-0.25, -0.2) is 0 Å². The van der Waals surface area contributed by atoms with Crippen LogP contribution < -0.4 is 0 Å². The molecule has 2 heteroatoms. The molecule has 106 valence electrons. The Hall–Kier alpha value is -1.77. The monoisotopic (exact) mass is 318 g/mol. The third kappa shape index (κ3) is 1.65. The van der Waals surface area contributed by atoms with Crippen molar-refractivity contribution in [2.24, 2.45) is 0 Å². The van der Waals surface area contributed by atoms with Crippen LogP contribution in [0, 0.1) is 0 Å². The molecule has 1 aromatic heterocycles. The highest BCUT2D eigenvalue weighted by molar-refractivity contribution is 7.80. The van der Waals surface area contributed by atoms with E-state index in [4.69, 9.17) is 12.6 Å². The van der Waals surface area contributed by atoms with Gasteiger partial charge in [-0.15, -0.1) is 24.0 Å². The first-order valence-corrected chi connectivity index (χ1v) is 8.84.